The Morgan fingerprint density at radius 2 is 2.11 bits per heavy atom. The van der Waals surface area contributed by atoms with Crippen LogP contribution in [0.5, 0.6) is 0 Å². The minimum absolute atomic E-state index is 0.0846. The van der Waals surface area contributed by atoms with Crippen molar-refractivity contribution in [3.05, 3.63) is 29.3 Å². The minimum atomic E-state index is -1.19. The second kappa shape index (κ2) is 5.86. The molecule has 0 aromatic heterocycles. The second-order valence-electron chi connectivity index (χ2n) is 4.92. The van der Waals surface area contributed by atoms with Crippen LogP contribution < -0.4 is 0 Å². The van der Waals surface area contributed by atoms with Gasteiger partial charge in [-0.3, -0.25) is 4.21 Å². The molecule has 0 radical (unpaired) electrons. The van der Waals surface area contributed by atoms with E-state index in [4.69, 9.17) is 11.6 Å². The molecule has 0 saturated heterocycles. The van der Waals surface area contributed by atoms with E-state index in [1.165, 1.54) is 0 Å². The van der Waals surface area contributed by atoms with E-state index in [0.29, 0.717) is 15.8 Å². The van der Waals surface area contributed by atoms with Crippen molar-refractivity contribution in [1.82, 2.24) is 0 Å². The largest absolute Gasteiger partial charge is 0.254 e. The van der Waals surface area contributed by atoms with Crippen LogP contribution >= 0.6 is 11.6 Å². The smallest absolute Gasteiger partial charge is 0.0668 e. The fraction of sp³-hybridized carbons (Fsp3) is 0.500. The summed E-state index contributed by atoms with van der Waals surface area (Å²) < 4.78 is 12.6. The van der Waals surface area contributed by atoms with E-state index in [9.17, 15) is 9.47 Å². The van der Waals surface area contributed by atoms with Crippen molar-refractivity contribution in [3.8, 4) is 6.07 Å². The van der Waals surface area contributed by atoms with Gasteiger partial charge in [-0.2, -0.15) is 5.26 Å². The molecule has 4 unspecified atom stereocenters. The van der Waals surface area contributed by atoms with Gasteiger partial charge in [0, 0.05) is 0 Å². The molecule has 96 valence electrons. The van der Waals surface area contributed by atoms with E-state index in [0.717, 1.165) is 19.3 Å². The average molecular weight is 282 g/mol. The number of hydrogen-bond acceptors (Lipinski definition) is 2. The Kier molecular flexibility index (Phi) is 4.42. The SMILES string of the molecule is CC1CCC(C#N)C(S(=O)c2ccccc2Cl)C1. The van der Waals surface area contributed by atoms with Crippen LogP contribution in [-0.2, 0) is 10.8 Å². The lowest BCUT2D eigenvalue weighted by Crippen LogP contribution is -2.31. The van der Waals surface area contributed by atoms with Gasteiger partial charge < -0.3 is 0 Å². The third-order valence-corrected chi connectivity index (χ3v) is 5.85. The van der Waals surface area contributed by atoms with Crippen LogP contribution in [0.25, 0.3) is 0 Å². The van der Waals surface area contributed by atoms with E-state index in [1.54, 1.807) is 12.1 Å². The maximum Gasteiger partial charge on any atom is 0.0668 e. The van der Waals surface area contributed by atoms with Crippen molar-refractivity contribution >= 4 is 22.4 Å². The van der Waals surface area contributed by atoms with Crippen molar-refractivity contribution in [2.45, 2.75) is 36.3 Å². The van der Waals surface area contributed by atoms with Crippen molar-refractivity contribution in [2.24, 2.45) is 11.8 Å². The first-order chi connectivity index (χ1) is 8.63. The topological polar surface area (TPSA) is 40.9 Å². The molecule has 4 atom stereocenters. The zero-order chi connectivity index (χ0) is 13.1. The summed E-state index contributed by atoms with van der Waals surface area (Å²) in [6.45, 7) is 2.16. The predicted molar refractivity (Wildman–Crippen MR) is 73.8 cm³/mol. The molecule has 18 heavy (non-hydrogen) atoms. The average Bonchev–Trinajstić information content (AvgIpc) is 2.38. The Morgan fingerprint density at radius 1 is 1.39 bits per heavy atom. The molecule has 1 fully saturated rings. The number of rotatable bonds is 2. The summed E-state index contributed by atoms with van der Waals surface area (Å²) >= 11 is 6.09. The summed E-state index contributed by atoms with van der Waals surface area (Å²) in [5.74, 6) is 0.421. The van der Waals surface area contributed by atoms with Crippen LogP contribution in [0.1, 0.15) is 26.2 Å². The number of benzene rings is 1. The molecule has 0 amide bonds. The lowest BCUT2D eigenvalue weighted by atomic mass is 9.83. The van der Waals surface area contributed by atoms with Gasteiger partial charge in [-0.25, -0.2) is 0 Å². The number of hydrogen-bond donors (Lipinski definition) is 0. The quantitative estimate of drug-likeness (QED) is 0.828. The molecule has 1 aromatic rings. The molecule has 0 aliphatic heterocycles. The highest BCUT2D eigenvalue weighted by Crippen LogP contribution is 2.35. The monoisotopic (exact) mass is 281 g/mol. The normalized spacial score (nSPS) is 29.5. The number of nitriles is 1. The highest BCUT2D eigenvalue weighted by molar-refractivity contribution is 7.85. The van der Waals surface area contributed by atoms with Gasteiger partial charge in [-0.15, -0.1) is 0 Å². The van der Waals surface area contributed by atoms with Crippen molar-refractivity contribution in [1.29, 1.82) is 5.26 Å². The van der Waals surface area contributed by atoms with Gasteiger partial charge in [0.1, 0.15) is 0 Å². The van der Waals surface area contributed by atoms with E-state index < -0.39 is 10.8 Å². The molecule has 0 heterocycles. The van der Waals surface area contributed by atoms with Gasteiger partial charge in [0.15, 0.2) is 0 Å². The van der Waals surface area contributed by atoms with E-state index >= 15 is 0 Å². The summed E-state index contributed by atoms with van der Waals surface area (Å²) in [7, 11) is -1.19. The highest BCUT2D eigenvalue weighted by Gasteiger charge is 2.34. The molecule has 1 aliphatic carbocycles. The summed E-state index contributed by atoms with van der Waals surface area (Å²) in [5.41, 5.74) is 0. The van der Waals surface area contributed by atoms with Gasteiger partial charge >= 0.3 is 0 Å². The summed E-state index contributed by atoms with van der Waals surface area (Å²) in [5, 5.41) is 9.64. The van der Waals surface area contributed by atoms with E-state index in [1.807, 2.05) is 12.1 Å². The first-order valence-corrected chi connectivity index (χ1v) is 7.77. The van der Waals surface area contributed by atoms with Gasteiger partial charge in [-0.1, -0.05) is 30.7 Å². The lowest BCUT2D eigenvalue weighted by Gasteiger charge is -2.30. The zero-order valence-electron chi connectivity index (χ0n) is 10.3. The van der Waals surface area contributed by atoms with Gasteiger partial charge in [-0.05, 0) is 37.3 Å². The van der Waals surface area contributed by atoms with Crippen molar-refractivity contribution in [2.75, 3.05) is 0 Å². The third-order valence-electron chi connectivity index (χ3n) is 3.55. The number of halogens is 1. The molecule has 0 N–H and O–H groups in total. The Morgan fingerprint density at radius 3 is 2.78 bits per heavy atom. The lowest BCUT2D eigenvalue weighted by molar-refractivity contribution is 0.341. The van der Waals surface area contributed by atoms with Gasteiger partial charge in [0.25, 0.3) is 0 Å². The zero-order valence-corrected chi connectivity index (χ0v) is 11.9. The third kappa shape index (κ3) is 2.76. The van der Waals surface area contributed by atoms with Crippen LogP contribution in [0.2, 0.25) is 5.02 Å². The predicted octanol–water partition coefficient (Wildman–Crippen LogP) is 3.78. The Hall–Kier alpha value is -0.850. The van der Waals surface area contributed by atoms with Crippen LogP contribution in [0.15, 0.2) is 29.2 Å². The van der Waals surface area contributed by atoms with Crippen LogP contribution in [0.4, 0.5) is 0 Å². The summed E-state index contributed by atoms with van der Waals surface area (Å²) in [6.07, 6.45) is 2.74. The standard InChI is InChI=1S/C14H16ClNOS/c1-10-6-7-11(9-16)14(8-10)18(17)13-5-3-2-4-12(13)15/h2-5,10-11,14H,6-8H2,1H3. The molecule has 2 nitrogen and oxygen atoms in total. The van der Waals surface area contributed by atoms with Crippen LogP contribution in [0.3, 0.4) is 0 Å². The van der Waals surface area contributed by atoms with Crippen molar-refractivity contribution < 1.29 is 4.21 Å². The fourth-order valence-electron chi connectivity index (χ4n) is 2.48. The minimum Gasteiger partial charge on any atom is -0.254 e. The molecular weight excluding hydrogens is 266 g/mol. The fourth-order valence-corrected chi connectivity index (χ4v) is 4.65. The molecule has 4 heteroatoms. The molecule has 1 saturated carbocycles. The first-order valence-electron chi connectivity index (χ1n) is 6.18. The maximum absolute atomic E-state index is 12.6. The first kappa shape index (κ1) is 13.6. The van der Waals surface area contributed by atoms with Gasteiger partial charge in [0.2, 0.25) is 0 Å². The summed E-state index contributed by atoms with van der Waals surface area (Å²) in [6, 6.07) is 9.53. The van der Waals surface area contributed by atoms with Crippen molar-refractivity contribution in [3.63, 3.8) is 0 Å². The van der Waals surface area contributed by atoms with Gasteiger partial charge in [0.05, 0.1) is 38.0 Å². The highest BCUT2D eigenvalue weighted by atomic mass is 35.5. The molecular formula is C14H16ClNOS. The maximum atomic E-state index is 12.6. The second-order valence-corrected chi connectivity index (χ2v) is 6.97. The Balaban J connectivity index is 2.27. The Labute approximate surface area is 115 Å². The number of nitrogens with zero attached hydrogens (tertiary/aromatic N) is 1. The van der Waals surface area contributed by atoms with Crippen LogP contribution in [-0.4, -0.2) is 9.46 Å². The molecule has 1 aromatic carbocycles. The molecule has 1 aliphatic rings. The molecule has 0 bridgehead atoms. The summed E-state index contributed by atoms with van der Waals surface area (Å²) in [4.78, 5) is 0.665. The van der Waals surface area contributed by atoms with Crippen LogP contribution in [0, 0.1) is 23.2 Å². The molecule has 2 rings (SSSR count). The van der Waals surface area contributed by atoms with E-state index in [2.05, 4.69) is 13.0 Å². The Bertz CT molecular complexity index is 497. The molecule has 0 spiro atoms. The van der Waals surface area contributed by atoms with E-state index in [-0.39, 0.29) is 11.2 Å².